The molecular weight excluding hydrogens is 300 g/mol. The van der Waals surface area contributed by atoms with Gasteiger partial charge in [0.2, 0.25) is 5.01 Å². The molecule has 0 radical (unpaired) electrons. The maximum Gasteiger partial charge on any atom is 0.286 e. The minimum absolute atomic E-state index is 0.242. The second-order valence-electron chi connectivity index (χ2n) is 5.35. The lowest BCUT2D eigenvalue weighted by atomic mass is 10.1. The van der Waals surface area contributed by atoms with Crippen molar-refractivity contribution >= 4 is 22.9 Å². The number of para-hydroxylation sites is 1. The van der Waals surface area contributed by atoms with Gasteiger partial charge in [0.15, 0.2) is 0 Å². The van der Waals surface area contributed by atoms with Crippen LogP contribution < -0.4 is 5.32 Å². The first kappa shape index (κ1) is 15.1. The number of hydrogen-bond donors (Lipinski definition) is 2. The Morgan fingerprint density at radius 3 is 2.95 bits per heavy atom. The molecule has 0 spiro atoms. The molecule has 1 fully saturated rings. The number of anilines is 1. The summed E-state index contributed by atoms with van der Waals surface area (Å²) < 4.78 is 0. The number of likely N-dealkylation sites (tertiary alicyclic amines) is 1. The van der Waals surface area contributed by atoms with Gasteiger partial charge >= 0.3 is 0 Å². The highest BCUT2D eigenvalue weighted by atomic mass is 32.1. The number of hydrogen-bond acceptors (Lipinski definition) is 6. The fourth-order valence-corrected chi connectivity index (χ4v) is 3.26. The van der Waals surface area contributed by atoms with Crippen LogP contribution in [-0.4, -0.2) is 45.3 Å². The molecule has 6 nitrogen and oxygen atoms in total. The summed E-state index contributed by atoms with van der Waals surface area (Å²) in [4.78, 5) is 14.3. The normalized spacial score (nSPS) is 19.0. The second kappa shape index (κ2) is 6.95. The van der Waals surface area contributed by atoms with Crippen molar-refractivity contribution in [3.05, 3.63) is 40.3 Å². The number of aliphatic hydroxyl groups excluding tert-OH is 1. The number of nitrogens with zero attached hydrogens (tertiary/aromatic N) is 3. The van der Waals surface area contributed by atoms with Crippen LogP contribution in [0.5, 0.6) is 0 Å². The fraction of sp³-hybridized carbons (Fsp3) is 0.400. The van der Waals surface area contributed by atoms with Crippen LogP contribution in [0.25, 0.3) is 0 Å². The van der Waals surface area contributed by atoms with Crippen molar-refractivity contribution in [2.24, 2.45) is 0 Å². The molecule has 0 aliphatic carbocycles. The van der Waals surface area contributed by atoms with Gasteiger partial charge in [0, 0.05) is 12.2 Å². The Morgan fingerprint density at radius 1 is 1.36 bits per heavy atom. The van der Waals surface area contributed by atoms with Gasteiger partial charge in [0.1, 0.15) is 5.01 Å². The van der Waals surface area contributed by atoms with Crippen LogP contribution in [0.3, 0.4) is 0 Å². The molecule has 1 saturated heterocycles. The van der Waals surface area contributed by atoms with Crippen LogP contribution >= 0.6 is 11.3 Å². The highest BCUT2D eigenvalue weighted by Gasteiger charge is 2.20. The Morgan fingerprint density at radius 2 is 2.18 bits per heavy atom. The van der Waals surface area contributed by atoms with Gasteiger partial charge in [-0.25, -0.2) is 0 Å². The van der Waals surface area contributed by atoms with Gasteiger partial charge in [-0.3, -0.25) is 9.69 Å². The average molecular weight is 318 g/mol. The molecule has 0 saturated carbocycles. The molecule has 1 aromatic heterocycles. The maximum absolute atomic E-state index is 12.1. The second-order valence-corrected chi connectivity index (χ2v) is 6.41. The van der Waals surface area contributed by atoms with Crippen LogP contribution in [0.1, 0.15) is 27.7 Å². The number of amides is 1. The molecule has 2 N–H and O–H groups in total. The Labute approximate surface area is 132 Å². The number of benzene rings is 1. The Hall–Kier alpha value is -1.83. The van der Waals surface area contributed by atoms with Crippen molar-refractivity contribution < 1.29 is 9.90 Å². The summed E-state index contributed by atoms with van der Waals surface area (Å²) in [5.74, 6) is -0.242. The number of β-amino-alcohol motifs (C(OH)–C–C–N with tert-alkyl or cyclic N) is 1. The molecular formula is C15H18N4O2S. The van der Waals surface area contributed by atoms with E-state index in [-0.39, 0.29) is 12.0 Å². The molecule has 1 atom stereocenters. The van der Waals surface area contributed by atoms with Crippen molar-refractivity contribution in [1.29, 1.82) is 0 Å². The van der Waals surface area contributed by atoms with Crippen molar-refractivity contribution in [2.45, 2.75) is 25.5 Å². The first-order valence-corrected chi connectivity index (χ1v) is 8.11. The molecule has 7 heteroatoms. The number of aliphatic hydroxyl groups is 1. The number of carbonyl (C=O) groups is 1. The average Bonchev–Trinajstić information content (AvgIpc) is 2.97. The third kappa shape index (κ3) is 3.88. The molecule has 0 bridgehead atoms. The number of aromatic nitrogens is 2. The van der Waals surface area contributed by atoms with Gasteiger partial charge in [-0.2, -0.15) is 0 Å². The number of carbonyl (C=O) groups excluding carboxylic acids is 1. The summed E-state index contributed by atoms with van der Waals surface area (Å²) in [5, 5.41) is 21.7. The smallest absolute Gasteiger partial charge is 0.286 e. The Bertz CT molecular complexity index is 631. The van der Waals surface area contributed by atoms with E-state index in [1.165, 1.54) is 11.3 Å². The van der Waals surface area contributed by atoms with Crippen molar-refractivity contribution in [3.8, 4) is 0 Å². The first-order chi connectivity index (χ1) is 10.7. The lowest BCUT2D eigenvalue weighted by molar-refractivity contribution is 0.0667. The minimum Gasteiger partial charge on any atom is -0.392 e. The molecule has 116 valence electrons. The zero-order valence-corrected chi connectivity index (χ0v) is 12.9. The standard InChI is InChI=1S/C15H18N4O2S/c20-12-7-4-8-19(9-12)10-13-17-18-15(22-13)14(21)16-11-5-2-1-3-6-11/h1-3,5-6,12,20H,4,7-10H2,(H,16,21). The van der Waals surface area contributed by atoms with Gasteiger partial charge in [0.25, 0.3) is 5.91 Å². The van der Waals surface area contributed by atoms with E-state index in [4.69, 9.17) is 0 Å². The summed E-state index contributed by atoms with van der Waals surface area (Å²) in [6.45, 7) is 2.24. The fourth-order valence-electron chi connectivity index (χ4n) is 2.48. The number of nitrogens with one attached hydrogen (secondary N) is 1. The molecule has 2 heterocycles. The predicted molar refractivity (Wildman–Crippen MR) is 84.8 cm³/mol. The summed E-state index contributed by atoms with van der Waals surface area (Å²) in [6.07, 6.45) is 1.58. The molecule has 22 heavy (non-hydrogen) atoms. The topological polar surface area (TPSA) is 78.4 Å². The maximum atomic E-state index is 12.1. The predicted octanol–water partition coefficient (Wildman–Crippen LogP) is 1.75. The summed E-state index contributed by atoms with van der Waals surface area (Å²) in [7, 11) is 0. The van der Waals surface area contributed by atoms with E-state index in [0.29, 0.717) is 18.1 Å². The highest BCUT2D eigenvalue weighted by Crippen LogP contribution is 2.17. The highest BCUT2D eigenvalue weighted by molar-refractivity contribution is 7.13. The van der Waals surface area contributed by atoms with Gasteiger partial charge in [-0.1, -0.05) is 29.5 Å². The monoisotopic (exact) mass is 318 g/mol. The van der Waals surface area contributed by atoms with Gasteiger partial charge in [0.05, 0.1) is 12.6 Å². The van der Waals surface area contributed by atoms with E-state index in [9.17, 15) is 9.90 Å². The van der Waals surface area contributed by atoms with Crippen LogP contribution in [0, 0.1) is 0 Å². The first-order valence-electron chi connectivity index (χ1n) is 7.30. The third-order valence-corrected chi connectivity index (χ3v) is 4.44. The molecule has 1 aliphatic rings. The van der Waals surface area contributed by atoms with Crippen LogP contribution in [0.4, 0.5) is 5.69 Å². The molecule has 2 aromatic rings. The molecule has 1 aliphatic heterocycles. The third-order valence-electron chi connectivity index (χ3n) is 3.53. The van der Waals surface area contributed by atoms with E-state index >= 15 is 0 Å². The van der Waals surface area contributed by atoms with Crippen molar-refractivity contribution in [1.82, 2.24) is 15.1 Å². The zero-order chi connectivity index (χ0) is 15.4. The van der Waals surface area contributed by atoms with Crippen LogP contribution in [0.2, 0.25) is 0 Å². The van der Waals surface area contributed by atoms with E-state index in [1.54, 1.807) is 0 Å². The molecule has 1 amide bonds. The van der Waals surface area contributed by atoms with Crippen molar-refractivity contribution in [2.75, 3.05) is 18.4 Å². The Kier molecular flexibility index (Phi) is 4.77. The number of rotatable bonds is 4. The Balaban J connectivity index is 1.59. The van der Waals surface area contributed by atoms with E-state index in [0.717, 1.165) is 30.1 Å². The van der Waals surface area contributed by atoms with E-state index < -0.39 is 0 Å². The molecule has 1 aromatic carbocycles. The SMILES string of the molecule is O=C(Nc1ccccc1)c1nnc(CN2CCCC(O)C2)s1. The lowest BCUT2D eigenvalue weighted by Gasteiger charge is -2.28. The van der Waals surface area contributed by atoms with Crippen LogP contribution in [-0.2, 0) is 6.54 Å². The van der Waals surface area contributed by atoms with Gasteiger partial charge < -0.3 is 10.4 Å². The minimum atomic E-state index is -0.262. The van der Waals surface area contributed by atoms with Crippen molar-refractivity contribution in [3.63, 3.8) is 0 Å². The lowest BCUT2D eigenvalue weighted by Crippen LogP contribution is -2.37. The van der Waals surface area contributed by atoms with E-state index in [1.807, 2.05) is 30.3 Å². The van der Waals surface area contributed by atoms with E-state index in [2.05, 4.69) is 20.4 Å². The number of piperidine rings is 1. The summed E-state index contributed by atoms with van der Waals surface area (Å²) in [6, 6.07) is 9.28. The van der Waals surface area contributed by atoms with Gasteiger partial charge in [-0.05, 0) is 31.5 Å². The molecule has 3 rings (SSSR count). The summed E-state index contributed by atoms with van der Waals surface area (Å²) in [5.41, 5.74) is 0.739. The summed E-state index contributed by atoms with van der Waals surface area (Å²) >= 11 is 1.30. The quantitative estimate of drug-likeness (QED) is 0.898. The zero-order valence-electron chi connectivity index (χ0n) is 12.1. The molecule has 1 unspecified atom stereocenters. The van der Waals surface area contributed by atoms with Crippen LogP contribution in [0.15, 0.2) is 30.3 Å². The van der Waals surface area contributed by atoms with Gasteiger partial charge in [-0.15, -0.1) is 10.2 Å². The largest absolute Gasteiger partial charge is 0.392 e.